The predicted molar refractivity (Wildman–Crippen MR) is 104 cm³/mol. The number of hydrogen-bond acceptors (Lipinski definition) is 8. The lowest BCUT2D eigenvalue weighted by Gasteiger charge is -2.31. The van der Waals surface area contributed by atoms with Crippen LogP contribution in [0.3, 0.4) is 0 Å². The van der Waals surface area contributed by atoms with E-state index in [1.807, 2.05) is 0 Å². The van der Waals surface area contributed by atoms with Crippen molar-refractivity contribution in [2.24, 2.45) is 5.92 Å². The summed E-state index contributed by atoms with van der Waals surface area (Å²) in [6.45, 7) is 2.08. The van der Waals surface area contributed by atoms with Crippen LogP contribution in [0.5, 0.6) is 0 Å². The number of fused-ring (bicyclic) bond motifs is 2. The van der Waals surface area contributed by atoms with Crippen molar-refractivity contribution in [2.75, 3.05) is 17.2 Å². The van der Waals surface area contributed by atoms with E-state index in [1.54, 1.807) is 16.8 Å². The highest BCUT2D eigenvalue weighted by Crippen LogP contribution is 2.40. The largest absolute Gasteiger partial charge is 0.424 e. The number of aromatic nitrogens is 5. The van der Waals surface area contributed by atoms with Gasteiger partial charge < -0.3 is 21.6 Å². The highest BCUT2D eigenvalue weighted by atomic mass is 19.1. The molecule has 0 aliphatic heterocycles. The molecule has 1 saturated carbocycles. The van der Waals surface area contributed by atoms with Gasteiger partial charge in [-0.2, -0.15) is 20.1 Å². The zero-order chi connectivity index (χ0) is 19.6. The van der Waals surface area contributed by atoms with Crippen molar-refractivity contribution in [1.82, 2.24) is 24.7 Å². The van der Waals surface area contributed by atoms with Crippen molar-refractivity contribution in [3.05, 3.63) is 17.9 Å². The van der Waals surface area contributed by atoms with Gasteiger partial charge in [0.2, 0.25) is 5.95 Å². The van der Waals surface area contributed by atoms with Crippen LogP contribution in [0, 0.1) is 11.7 Å². The van der Waals surface area contributed by atoms with Crippen molar-refractivity contribution in [3.8, 4) is 11.3 Å². The van der Waals surface area contributed by atoms with E-state index in [0.29, 0.717) is 22.6 Å². The molecule has 1 atom stereocenters. The molecule has 28 heavy (non-hydrogen) atoms. The second-order valence-electron chi connectivity index (χ2n) is 7.22. The lowest BCUT2D eigenvalue weighted by molar-refractivity contribution is 0.214. The fraction of sp³-hybridized carbons (Fsp3) is 0.333. The molecular formula is C18H19FN8O. The van der Waals surface area contributed by atoms with E-state index in [2.05, 4.69) is 27.0 Å². The minimum Gasteiger partial charge on any atom is -0.424 e. The molecule has 9 nitrogen and oxygen atoms in total. The normalized spacial score (nSPS) is 15.9. The SMILES string of the molecule is CC(C1CCC1)n1nc(-c2ccc3oc(N)nc3c2F)c2c(N)nc(N)nc21. The van der Waals surface area contributed by atoms with E-state index in [4.69, 9.17) is 21.6 Å². The van der Waals surface area contributed by atoms with Crippen LogP contribution in [0.2, 0.25) is 0 Å². The Kier molecular flexibility index (Phi) is 3.45. The third kappa shape index (κ3) is 2.30. The lowest BCUT2D eigenvalue weighted by Crippen LogP contribution is -2.24. The van der Waals surface area contributed by atoms with Gasteiger partial charge in [0.25, 0.3) is 6.01 Å². The summed E-state index contributed by atoms with van der Waals surface area (Å²) >= 11 is 0. The molecule has 144 valence electrons. The number of nitrogens with two attached hydrogens (primary N) is 3. The van der Waals surface area contributed by atoms with Crippen LogP contribution in [0.1, 0.15) is 32.2 Å². The summed E-state index contributed by atoms with van der Waals surface area (Å²) in [5.74, 6) is 0.107. The number of nitrogen functional groups attached to an aromatic ring is 3. The fourth-order valence-corrected chi connectivity index (χ4v) is 3.84. The van der Waals surface area contributed by atoms with Crippen molar-refractivity contribution < 1.29 is 8.81 Å². The van der Waals surface area contributed by atoms with E-state index >= 15 is 4.39 Å². The molecular weight excluding hydrogens is 363 g/mol. The van der Waals surface area contributed by atoms with E-state index in [1.165, 1.54) is 6.42 Å². The predicted octanol–water partition coefficient (Wildman–Crippen LogP) is 2.88. The molecule has 1 aliphatic rings. The summed E-state index contributed by atoms with van der Waals surface area (Å²) < 4.78 is 22.2. The Balaban J connectivity index is 1.79. The second kappa shape index (κ2) is 5.78. The monoisotopic (exact) mass is 382 g/mol. The standard InChI is InChI=1S/C18H19FN8O/c1-7(8-3-2-4-8)27-16-11(15(20)24-17(21)25-16)13(26-27)9-5-6-10-14(12(9)19)23-18(22)28-10/h5-8H,2-4H2,1H3,(H2,22,23)(H4,20,21,24,25). The molecule has 3 aromatic heterocycles. The van der Waals surface area contributed by atoms with E-state index in [9.17, 15) is 0 Å². The van der Waals surface area contributed by atoms with Crippen molar-refractivity contribution in [1.29, 1.82) is 0 Å². The smallest absolute Gasteiger partial charge is 0.293 e. The van der Waals surface area contributed by atoms with Crippen molar-refractivity contribution in [2.45, 2.75) is 32.2 Å². The number of oxazole rings is 1. The van der Waals surface area contributed by atoms with Crippen LogP contribution < -0.4 is 17.2 Å². The minimum absolute atomic E-state index is 0.0414. The first-order valence-electron chi connectivity index (χ1n) is 9.10. The summed E-state index contributed by atoms with van der Waals surface area (Å²) in [6.07, 6.45) is 3.43. The molecule has 1 fully saturated rings. The third-order valence-corrected chi connectivity index (χ3v) is 5.59. The maximum absolute atomic E-state index is 15.2. The Hall–Kier alpha value is -3.43. The Morgan fingerprint density at radius 1 is 1.18 bits per heavy atom. The van der Waals surface area contributed by atoms with E-state index in [0.717, 1.165) is 12.8 Å². The van der Waals surface area contributed by atoms with Crippen molar-refractivity contribution in [3.63, 3.8) is 0 Å². The van der Waals surface area contributed by atoms with Crippen LogP contribution in [-0.4, -0.2) is 24.7 Å². The van der Waals surface area contributed by atoms with Crippen LogP contribution in [0.4, 0.5) is 22.2 Å². The van der Waals surface area contributed by atoms with E-state index < -0.39 is 5.82 Å². The zero-order valence-electron chi connectivity index (χ0n) is 15.2. The van der Waals surface area contributed by atoms with Gasteiger partial charge in [0.15, 0.2) is 17.0 Å². The Morgan fingerprint density at radius 2 is 1.96 bits per heavy atom. The lowest BCUT2D eigenvalue weighted by atomic mass is 9.80. The van der Waals surface area contributed by atoms with E-state index in [-0.39, 0.29) is 40.5 Å². The average molecular weight is 382 g/mol. The molecule has 3 heterocycles. The highest BCUT2D eigenvalue weighted by Gasteiger charge is 2.30. The fourth-order valence-electron chi connectivity index (χ4n) is 3.84. The van der Waals surface area contributed by atoms with Crippen LogP contribution in [0.25, 0.3) is 33.4 Å². The molecule has 0 bridgehead atoms. The number of nitrogens with zero attached hydrogens (tertiary/aromatic N) is 5. The summed E-state index contributed by atoms with van der Waals surface area (Å²) in [7, 11) is 0. The van der Waals surface area contributed by atoms with Gasteiger partial charge in [-0.15, -0.1) is 0 Å². The van der Waals surface area contributed by atoms with Gasteiger partial charge in [0.1, 0.15) is 17.0 Å². The number of anilines is 3. The summed E-state index contributed by atoms with van der Waals surface area (Å²) in [5.41, 5.74) is 18.9. The first kappa shape index (κ1) is 16.7. The summed E-state index contributed by atoms with van der Waals surface area (Å²) in [6, 6.07) is 3.15. The molecule has 1 aliphatic carbocycles. The molecule has 0 saturated heterocycles. The molecule has 1 aromatic carbocycles. The molecule has 0 radical (unpaired) electrons. The topological polar surface area (TPSA) is 148 Å². The van der Waals surface area contributed by atoms with Gasteiger partial charge in [0, 0.05) is 5.56 Å². The first-order chi connectivity index (χ1) is 13.4. The molecule has 5 rings (SSSR count). The molecule has 1 unspecified atom stereocenters. The quantitative estimate of drug-likeness (QED) is 0.490. The van der Waals surface area contributed by atoms with Crippen LogP contribution >= 0.6 is 0 Å². The van der Waals surface area contributed by atoms with Gasteiger partial charge in [-0.25, -0.2) is 9.07 Å². The number of hydrogen-bond donors (Lipinski definition) is 3. The Bertz CT molecular complexity index is 1230. The number of rotatable bonds is 3. The van der Waals surface area contributed by atoms with Crippen LogP contribution in [0.15, 0.2) is 16.5 Å². The van der Waals surface area contributed by atoms with Gasteiger partial charge in [0.05, 0.1) is 11.4 Å². The molecule has 4 aromatic rings. The third-order valence-electron chi connectivity index (χ3n) is 5.59. The molecule has 0 spiro atoms. The molecule has 6 N–H and O–H groups in total. The van der Waals surface area contributed by atoms with Gasteiger partial charge in [-0.3, -0.25) is 0 Å². The van der Waals surface area contributed by atoms with Gasteiger partial charge in [-0.05, 0) is 37.8 Å². The molecule has 0 amide bonds. The van der Waals surface area contributed by atoms with Crippen molar-refractivity contribution >= 4 is 39.9 Å². The number of benzene rings is 1. The number of halogens is 1. The summed E-state index contributed by atoms with van der Waals surface area (Å²) in [5, 5.41) is 5.16. The molecule has 10 heteroatoms. The Labute approximate surface area is 158 Å². The van der Waals surface area contributed by atoms with Crippen LogP contribution in [-0.2, 0) is 0 Å². The maximum Gasteiger partial charge on any atom is 0.293 e. The average Bonchev–Trinajstić information content (AvgIpc) is 3.14. The maximum atomic E-state index is 15.2. The van der Waals surface area contributed by atoms with Gasteiger partial charge >= 0.3 is 0 Å². The highest BCUT2D eigenvalue weighted by molar-refractivity contribution is 6.00. The Morgan fingerprint density at radius 3 is 2.68 bits per heavy atom. The summed E-state index contributed by atoms with van der Waals surface area (Å²) in [4.78, 5) is 12.3. The van der Waals surface area contributed by atoms with Gasteiger partial charge in [-0.1, -0.05) is 6.42 Å². The second-order valence-corrected chi connectivity index (χ2v) is 7.22. The first-order valence-corrected chi connectivity index (χ1v) is 9.10. The zero-order valence-corrected chi connectivity index (χ0v) is 15.2. The minimum atomic E-state index is -0.586.